The first-order valence-corrected chi connectivity index (χ1v) is 5.78. The van der Waals surface area contributed by atoms with Gasteiger partial charge in [0.25, 0.3) is 0 Å². The van der Waals surface area contributed by atoms with Gasteiger partial charge < -0.3 is 0 Å². The maximum atomic E-state index is 4.26. The quantitative estimate of drug-likeness (QED) is 0.702. The molecule has 0 heterocycles. The van der Waals surface area contributed by atoms with Crippen LogP contribution in [0.5, 0.6) is 0 Å². The van der Waals surface area contributed by atoms with Gasteiger partial charge in [0.15, 0.2) is 0 Å². The Morgan fingerprint density at radius 2 is 1.19 bits per heavy atom. The molecule has 2 aromatic rings. The molecule has 0 amide bonds. The smallest absolute Gasteiger partial charge is 0.0234 e. The standard InChI is InChI=1S/C16H15/c1-13-12-16(13,14-8-4-2-5-9-14)15-10-6-3-7-11-15/h2-11,13H,1,12H2. The van der Waals surface area contributed by atoms with Crippen molar-refractivity contribution in [1.29, 1.82) is 0 Å². The first kappa shape index (κ1) is 9.65. The normalized spacial score (nSPS) is 21.7. The van der Waals surface area contributed by atoms with Crippen molar-refractivity contribution in [2.75, 3.05) is 0 Å². The molecule has 16 heavy (non-hydrogen) atoms. The molecule has 1 saturated carbocycles. The number of hydrogen-bond donors (Lipinski definition) is 0. The molecule has 2 aromatic carbocycles. The molecule has 0 heteroatoms. The van der Waals surface area contributed by atoms with Crippen LogP contribution in [0.1, 0.15) is 17.5 Å². The summed E-state index contributed by atoms with van der Waals surface area (Å²) in [6.07, 6.45) is 1.17. The fourth-order valence-corrected chi connectivity index (χ4v) is 2.67. The lowest BCUT2D eigenvalue weighted by Crippen LogP contribution is -2.10. The maximum absolute atomic E-state index is 4.26. The van der Waals surface area contributed by atoms with E-state index in [0.29, 0.717) is 5.92 Å². The van der Waals surface area contributed by atoms with Crippen LogP contribution < -0.4 is 0 Å². The summed E-state index contributed by atoms with van der Waals surface area (Å²) in [4.78, 5) is 0. The van der Waals surface area contributed by atoms with E-state index in [0.717, 1.165) is 0 Å². The number of rotatable bonds is 2. The van der Waals surface area contributed by atoms with E-state index in [4.69, 9.17) is 0 Å². The van der Waals surface area contributed by atoms with Crippen LogP contribution >= 0.6 is 0 Å². The Labute approximate surface area is 96.9 Å². The van der Waals surface area contributed by atoms with Gasteiger partial charge in [-0.3, -0.25) is 0 Å². The van der Waals surface area contributed by atoms with Gasteiger partial charge in [-0.05, 0) is 30.4 Å². The molecule has 1 fully saturated rings. The van der Waals surface area contributed by atoms with E-state index in [1.54, 1.807) is 0 Å². The third-order valence-electron chi connectivity index (χ3n) is 3.68. The molecule has 0 nitrogen and oxygen atoms in total. The van der Waals surface area contributed by atoms with E-state index in [1.807, 2.05) is 0 Å². The van der Waals surface area contributed by atoms with Crippen molar-refractivity contribution in [2.24, 2.45) is 5.92 Å². The molecule has 0 N–H and O–H groups in total. The lowest BCUT2D eigenvalue weighted by atomic mass is 9.86. The van der Waals surface area contributed by atoms with Crippen LogP contribution in [0.15, 0.2) is 60.7 Å². The number of hydrogen-bond acceptors (Lipinski definition) is 0. The molecular weight excluding hydrogens is 192 g/mol. The molecule has 1 atom stereocenters. The van der Waals surface area contributed by atoms with Crippen molar-refractivity contribution in [1.82, 2.24) is 0 Å². The van der Waals surface area contributed by atoms with Crippen molar-refractivity contribution >= 4 is 0 Å². The minimum Gasteiger partial charge on any atom is -0.0622 e. The second-order valence-corrected chi connectivity index (χ2v) is 4.60. The second kappa shape index (κ2) is 3.48. The van der Waals surface area contributed by atoms with Gasteiger partial charge in [0, 0.05) is 5.41 Å². The summed E-state index contributed by atoms with van der Waals surface area (Å²) in [7, 11) is 0. The maximum Gasteiger partial charge on any atom is 0.0234 e. The average molecular weight is 207 g/mol. The van der Waals surface area contributed by atoms with Crippen LogP contribution in [-0.2, 0) is 5.41 Å². The Balaban J connectivity index is 2.10. The highest BCUT2D eigenvalue weighted by atomic mass is 14.6. The molecule has 0 bridgehead atoms. The van der Waals surface area contributed by atoms with E-state index in [1.165, 1.54) is 17.5 Å². The lowest BCUT2D eigenvalue weighted by Gasteiger charge is -2.17. The van der Waals surface area contributed by atoms with E-state index in [-0.39, 0.29) is 5.41 Å². The van der Waals surface area contributed by atoms with Gasteiger partial charge in [-0.15, -0.1) is 0 Å². The van der Waals surface area contributed by atoms with Gasteiger partial charge >= 0.3 is 0 Å². The first-order valence-electron chi connectivity index (χ1n) is 5.78. The van der Waals surface area contributed by atoms with Crippen molar-refractivity contribution in [2.45, 2.75) is 11.8 Å². The van der Waals surface area contributed by atoms with Crippen molar-refractivity contribution in [3.8, 4) is 0 Å². The predicted molar refractivity (Wildman–Crippen MR) is 67.1 cm³/mol. The number of benzene rings is 2. The summed E-state index contributed by atoms with van der Waals surface area (Å²) < 4.78 is 0. The van der Waals surface area contributed by atoms with Crippen LogP contribution in [0, 0.1) is 12.8 Å². The minimum atomic E-state index is 0.183. The Hall–Kier alpha value is -1.56. The highest BCUT2D eigenvalue weighted by molar-refractivity contribution is 5.47. The van der Waals surface area contributed by atoms with Gasteiger partial charge in [0.2, 0.25) is 0 Å². The summed E-state index contributed by atoms with van der Waals surface area (Å²) >= 11 is 0. The third-order valence-corrected chi connectivity index (χ3v) is 3.68. The molecular formula is C16H15. The Morgan fingerprint density at radius 1 is 0.812 bits per heavy atom. The van der Waals surface area contributed by atoms with E-state index in [9.17, 15) is 0 Å². The van der Waals surface area contributed by atoms with Crippen LogP contribution in [0.25, 0.3) is 0 Å². The molecule has 0 aliphatic heterocycles. The topological polar surface area (TPSA) is 0 Å². The van der Waals surface area contributed by atoms with Crippen LogP contribution in [-0.4, -0.2) is 0 Å². The van der Waals surface area contributed by atoms with Gasteiger partial charge in [0.1, 0.15) is 0 Å². The monoisotopic (exact) mass is 207 g/mol. The summed E-state index contributed by atoms with van der Waals surface area (Å²) in [5.74, 6) is 0.511. The van der Waals surface area contributed by atoms with Crippen LogP contribution in [0.2, 0.25) is 0 Å². The fraction of sp³-hybridized carbons (Fsp3) is 0.188. The van der Waals surface area contributed by atoms with Crippen molar-refractivity contribution < 1.29 is 0 Å². The molecule has 79 valence electrons. The second-order valence-electron chi connectivity index (χ2n) is 4.60. The van der Waals surface area contributed by atoms with Gasteiger partial charge in [-0.25, -0.2) is 0 Å². The Bertz CT molecular complexity index is 430. The fourth-order valence-electron chi connectivity index (χ4n) is 2.67. The van der Waals surface area contributed by atoms with E-state index in [2.05, 4.69) is 67.6 Å². The molecule has 0 saturated heterocycles. The molecule has 1 aliphatic carbocycles. The summed E-state index contributed by atoms with van der Waals surface area (Å²) in [5.41, 5.74) is 2.99. The average Bonchev–Trinajstić information content (AvgIpc) is 3.05. The lowest BCUT2D eigenvalue weighted by molar-refractivity contribution is 0.788. The zero-order valence-electron chi connectivity index (χ0n) is 9.27. The third kappa shape index (κ3) is 1.30. The van der Waals surface area contributed by atoms with Crippen LogP contribution in [0.3, 0.4) is 0 Å². The molecule has 1 radical (unpaired) electrons. The summed E-state index contributed by atoms with van der Waals surface area (Å²) in [5, 5.41) is 0. The highest BCUT2D eigenvalue weighted by Crippen LogP contribution is 2.58. The zero-order chi connectivity index (χ0) is 11.0. The molecule has 3 rings (SSSR count). The van der Waals surface area contributed by atoms with Gasteiger partial charge in [0.05, 0.1) is 0 Å². The summed E-state index contributed by atoms with van der Waals surface area (Å²) in [6, 6.07) is 21.5. The molecule has 0 aromatic heterocycles. The van der Waals surface area contributed by atoms with Crippen molar-refractivity contribution in [3.05, 3.63) is 78.7 Å². The molecule has 1 unspecified atom stereocenters. The van der Waals surface area contributed by atoms with E-state index >= 15 is 0 Å². The minimum absolute atomic E-state index is 0.183. The van der Waals surface area contributed by atoms with Gasteiger partial charge in [-0.1, -0.05) is 60.7 Å². The van der Waals surface area contributed by atoms with Gasteiger partial charge in [-0.2, -0.15) is 0 Å². The largest absolute Gasteiger partial charge is 0.0622 e. The molecule has 0 spiro atoms. The first-order chi connectivity index (χ1) is 7.84. The zero-order valence-corrected chi connectivity index (χ0v) is 9.27. The highest BCUT2D eigenvalue weighted by Gasteiger charge is 2.53. The summed E-state index contributed by atoms with van der Waals surface area (Å²) in [6.45, 7) is 4.26. The van der Waals surface area contributed by atoms with Crippen LogP contribution in [0.4, 0.5) is 0 Å². The SMILES string of the molecule is [CH2]C1CC1(c1ccccc1)c1ccccc1. The molecule has 1 aliphatic rings. The predicted octanol–water partition coefficient (Wildman–Crippen LogP) is 3.83. The van der Waals surface area contributed by atoms with Crippen molar-refractivity contribution in [3.63, 3.8) is 0 Å². The van der Waals surface area contributed by atoms with E-state index < -0.39 is 0 Å². The Kier molecular flexibility index (Phi) is 2.10. The Morgan fingerprint density at radius 3 is 1.50 bits per heavy atom.